The lowest BCUT2D eigenvalue weighted by Gasteiger charge is -2.16. The number of fused-ring (bicyclic) bond motifs is 2. The van der Waals surface area contributed by atoms with Gasteiger partial charge in [0.15, 0.2) is 0 Å². The molecule has 0 saturated heterocycles. The van der Waals surface area contributed by atoms with Crippen LogP contribution in [-0.4, -0.2) is 6.54 Å². The van der Waals surface area contributed by atoms with Crippen LogP contribution < -0.4 is 5.73 Å². The molecule has 2 bridgehead atoms. The Labute approximate surface area is 89.5 Å². The van der Waals surface area contributed by atoms with Crippen LogP contribution in [0.2, 0.25) is 0 Å². The fourth-order valence-corrected chi connectivity index (χ4v) is 2.56. The Hall–Kier alpha value is -0.0400. The first kappa shape index (κ1) is 12.0. The van der Waals surface area contributed by atoms with E-state index in [1.165, 1.54) is 12.8 Å². The molecule has 2 aliphatic rings. The standard InChI is InChI=1S/C8H14.C5H13N/c1-2-7-4-5-8(3-1)6-7;1-3-5(2)4-6/h7-8H,1-6H2;5H,3-4,6H2,1-2H3. The summed E-state index contributed by atoms with van der Waals surface area (Å²) in [5.74, 6) is 3.03. The van der Waals surface area contributed by atoms with E-state index in [9.17, 15) is 0 Å². The zero-order valence-electron chi connectivity index (χ0n) is 9.97. The summed E-state index contributed by atoms with van der Waals surface area (Å²) in [6, 6.07) is 0. The molecule has 0 heterocycles. The first-order chi connectivity index (χ1) is 6.76. The summed E-state index contributed by atoms with van der Waals surface area (Å²) in [4.78, 5) is 0. The summed E-state index contributed by atoms with van der Waals surface area (Å²) < 4.78 is 0. The highest BCUT2D eigenvalue weighted by atomic mass is 14.5. The van der Waals surface area contributed by atoms with Crippen LogP contribution in [0.15, 0.2) is 0 Å². The number of hydrogen-bond donors (Lipinski definition) is 1. The predicted octanol–water partition coefficient (Wildman–Crippen LogP) is 3.58. The first-order valence-corrected chi connectivity index (χ1v) is 6.46. The van der Waals surface area contributed by atoms with Gasteiger partial charge in [-0.15, -0.1) is 0 Å². The van der Waals surface area contributed by atoms with E-state index >= 15 is 0 Å². The van der Waals surface area contributed by atoms with E-state index < -0.39 is 0 Å². The summed E-state index contributed by atoms with van der Waals surface area (Å²) >= 11 is 0. The van der Waals surface area contributed by atoms with Crippen LogP contribution in [0, 0.1) is 17.8 Å². The normalized spacial score (nSPS) is 31.9. The van der Waals surface area contributed by atoms with E-state index in [1.54, 1.807) is 32.1 Å². The molecule has 0 aliphatic heterocycles. The van der Waals surface area contributed by atoms with Gasteiger partial charge in [0, 0.05) is 0 Å². The third kappa shape index (κ3) is 4.00. The van der Waals surface area contributed by atoms with Crippen molar-refractivity contribution >= 4 is 0 Å². The van der Waals surface area contributed by atoms with Gasteiger partial charge in [-0.05, 0) is 30.7 Å². The largest absolute Gasteiger partial charge is 0.330 e. The van der Waals surface area contributed by atoms with Crippen LogP contribution in [0.4, 0.5) is 0 Å². The van der Waals surface area contributed by atoms with Crippen molar-refractivity contribution in [2.45, 2.75) is 58.8 Å². The van der Waals surface area contributed by atoms with Gasteiger partial charge in [-0.1, -0.05) is 52.4 Å². The molecule has 0 aromatic carbocycles. The van der Waals surface area contributed by atoms with Crippen LogP contribution in [0.1, 0.15) is 58.8 Å². The maximum absolute atomic E-state index is 5.28. The molecule has 14 heavy (non-hydrogen) atoms. The average Bonchev–Trinajstić information content (AvgIpc) is 2.57. The summed E-state index contributed by atoms with van der Waals surface area (Å²) in [5.41, 5.74) is 5.28. The lowest BCUT2D eigenvalue weighted by atomic mass is 9.89. The molecule has 3 atom stereocenters. The molecule has 1 nitrogen and oxygen atoms in total. The Balaban J connectivity index is 0.000000149. The van der Waals surface area contributed by atoms with Crippen LogP contribution in [0.5, 0.6) is 0 Å². The monoisotopic (exact) mass is 197 g/mol. The van der Waals surface area contributed by atoms with Crippen molar-refractivity contribution in [2.24, 2.45) is 23.5 Å². The molecule has 2 fully saturated rings. The van der Waals surface area contributed by atoms with Crippen molar-refractivity contribution in [3.05, 3.63) is 0 Å². The van der Waals surface area contributed by atoms with Crippen molar-refractivity contribution in [3.63, 3.8) is 0 Å². The van der Waals surface area contributed by atoms with Gasteiger partial charge in [-0.25, -0.2) is 0 Å². The molecule has 0 amide bonds. The molecule has 0 aromatic rings. The Kier molecular flexibility index (Phi) is 5.54. The lowest BCUT2D eigenvalue weighted by Crippen LogP contribution is -2.08. The highest BCUT2D eigenvalue weighted by molar-refractivity contribution is 4.80. The second-order valence-corrected chi connectivity index (χ2v) is 5.23. The van der Waals surface area contributed by atoms with E-state index in [-0.39, 0.29) is 0 Å². The third-order valence-electron chi connectivity index (χ3n) is 3.97. The molecule has 2 saturated carbocycles. The van der Waals surface area contributed by atoms with Gasteiger partial charge in [0.05, 0.1) is 0 Å². The van der Waals surface area contributed by atoms with E-state index in [0.29, 0.717) is 5.92 Å². The van der Waals surface area contributed by atoms with E-state index in [0.717, 1.165) is 18.4 Å². The van der Waals surface area contributed by atoms with Gasteiger partial charge >= 0.3 is 0 Å². The molecule has 1 heteroatoms. The molecule has 0 radical (unpaired) electrons. The van der Waals surface area contributed by atoms with Crippen LogP contribution in [-0.2, 0) is 0 Å². The first-order valence-electron chi connectivity index (χ1n) is 6.46. The van der Waals surface area contributed by atoms with Crippen molar-refractivity contribution in [1.29, 1.82) is 0 Å². The average molecular weight is 197 g/mol. The smallest absolute Gasteiger partial charge is 0.00516 e. The van der Waals surface area contributed by atoms with Crippen molar-refractivity contribution in [2.75, 3.05) is 6.54 Å². The van der Waals surface area contributed by atoms with Gasteiger partial charge in [-0.3, -0.25) is 0 Å². The van der Waals surface area contributed by atoms with Gasteiger partial charge in [-0.2, -0.15) is 0 Å². The molecule has 3 unspecified atom stereocenters. The summed E-state index contributed by atoms with van der Waals surface area (Å²) in [6.45, 7) is 5.13. The zero-order valence-corrected chi connectivity index (χ0v) is 9.97. The van der Waals surface area contributed by atoms with E-state index in [4.69, 9.17) is 5.73 Å². The molecule has 0 aromatic heterocycles. The minimum atomic E-state index is 0.713. The molecule has 0 spiro atoms. The van der Waals surface area contributed by atoms with Gasteiger partial charge < -0.3 is 5.73 Å². The third-order valence-corrected chi connectivity index (χ3v) is 3.97. The second-order valence-electron chi connectivity index (χ2n) is 5.23. The van der Waals surface area contributed by atoms with E-state index in [2.05, 4.69) is 13.8 Å². The maximum Gasteiger partial charge on any atom is -0.00516 e. The van der Waals surface area contributed by atoms with Crippen molar-refractivity contribution < 1.29 is 0 Å². The topological polar surface area (TPSA) is 26.0 Å². The minimum absolute atomic E-state index is 0.713. The molecular formula is C13H27N. The van der Waals surface area contributed by atoms with Crippen molar-refractivity contribution in [1.82, 2.24) is 0 Å². The van der Waals surface area contributed by atoms with E-state index in [1.807, 2.05) is 0 Å². The highest BCUT2D eigenvalue weighted by Crippen LogP contribution is 2.41. The predicted molar refractivity (Wildman–Crippen MR) is 63.2 cm³/mol. The lowest BCUT2D eigenvalue weighted by molar-refractivity contribution is 0.359. The fourth-order valence-electron chi connectivity index (χ4n) is 2.56. The minimum Gasteiger partial charge on any atom is -0.330 e. The number of nitrogens with two attached hydrogens (primary N) is 1. The Morgan fingerprint density at radius 2 is 1.71 bits per heavy atom. The number of hydrogen-bond acceptors (Lipinski definition) is 1. The highest BCUT2D eigenvalue weighted by Gasteiger charge is 2.27. The zero-order chi connectivity index (χ0) is 10.4. The second kappa shape index (κ2) is 6.44. The molecular weight excluding hydrogens is 170 g/mol. The quantitative estimate of drug-likeness (QED) is 0.719. The number of rotatable bonds is 2. The van der Waals surface area contributed by atoms with Crippen LogP contribution in [0.25, 0.3) is 0 Å². The molecule has 2 N–H and O–H groups in total. The summed E-state index contributed by atoms with van der Waals surface area (Å²) in [6.07, 6.45) is 10.5. The molecule has 2 aliphatic carbocycles. The molecule has 2 rings (SSSR count). The Bertz CT molecular complexity index is 126. The summed E-state index contributed by atoms with van der Waals surface area (Å²) in [7, 11) is 0. The van der Waals surface area contributed by atoms with Gasteiger partial charge in [0.2, 0.25) is 0 Å². The van der Waals surface area contributed by atoms with Gasteiger partial charge in [0.25, 0.3) is 0 Å². The van der Waals surface area contributed by atoms with Crippen LogP contribution >= 0.6 is 0 Å². The van der Waals surface area contributed by atoms with Crippen molar-refractivity contribution in [3.8, 4) is 0 Å². The maximum atomic E-state index is 5.28. The summed E-state index contributed by atoms with van der Waals surface area (Å²) in [5, 5.41) is 0. The van der Waals surface area contributed by atoms with Gasteiger partial charge in [0.1, 0.15) is 0 Å². The Morgan fingerprint density at radius 1 is 1.14 bits per heavy atom. The van der Waals surface area contributed by atoms with Crippen LogP contribution in [0.3, 0.4) is 0 Å². The molecule has 84 valence electrons. The SMILES string of the molecule is C1CC2CCC(C1)C2.CCC(C)CN. The fraction of sp³-hybridized carbons (Fsp3) is 1.00. The Morgan fingerprint density at radius 3 is 2.00 bits per heavy atom.